The molecule has 3 atom stereocenters. The third-order valence-corrected chi connectivity index (χ3v) is 6.43. The van der Waals surface area contributed by atoms with Crippen LogP contribution in [0.15, 0.2) is 72.8 Å². The van der Waals surface area contributed by atoms with Crippen molar-refractivity contribution in [1.29, 1.82) is 0 Å². The number of hydrogen-bond donors (Lipinski definition) is 1. The van der Waals surface area contributed by atoms with Crippen LogP contribution in [0, 0.1) is 5.82 Å². The zero-order chi connectivity index (χ0) is 23.7. The van der Waals surface area contributed by atoms with Crippen molar-refractivity contribution < 1.29 is 18.7 Å². The van der Waals surface area contributed by atoms with Gasteiger partial charge in [-0.2, -0.15) is 0 Å². The number of nitrogens with two attached hydrogens (primary N) is 1. The van der Waals surface area contributed by atoms with Gasteiger partial charge in [-0.15, -0.1) is 0 Å². The molecule has 2 saturated heterocycles. The lowest BCUT2D eigenvalue weighted by atomic mass is 9.99. The Morgan fingerprint density at radius 3 is 2.41 bits per heavy atom. The van der Waals surface area contributed by atoms with E-state index in [1.807, 2.05) is 6.07 Å². The Balaban J connectivity index is 1.41. The summed E-state index contributed by atoms with van der Waals surface area (Å²) in [5, 5.41) is 0.629. The molecule has 0 radical (unpaired) electrons. The predicted octanol–water partition coefficient (Wildman–Crippen LogP) is 5.37. The van der Waals surface area contributed by atoms with E-state index in [0.717, 1.165) is 19.5 Å². The van der Waals surface area contributed by atoms with Gasteiger partial charge in [-0.25, -0.2) is 9.18 Å². The van der Waals surface area contributed by atoms with E-state index >= 15 is 0 Å². The summed E-state index contributed by atoms with van der Waals surface area (Å²) in [4.78, 5) is 16.8. The van der Waals surface area contributed by atoms with E-state index in [0.29, 0.717) is 34.3 Å². The third-order valence-electron chi connectivity index (χ3n) is 6.18. The Kier molecular flexibility index (Phi) is 6.41. The zero-order valence-electron chi connectivity index (χ0n) is 18.4. The second kappa shape index (κ2) is 9.62. The number of hydrogen-bond acceptors (Lipinski definition) is 5. The highest BCUT2D eigenvalue weighted by Gasteiger charge is 2.44. The van der Waals surface area contributed by atoms with Crippen molar-refractivity contribution in [2.24, 2.45) is 5.73 Å². The molecule has 2 aliphatic rings. The van der Waals surface area contributed by atoms with Crippen molar-refractivity contribution in [1.82, 2.24) is 4.90 Å². The molecule has 3 aromatic carbocycles. The van der Waals surface area contributed by atoms with E-state index in [2.05, 4.69) is 4.90 Å². The number of likely N-dealkylation sites (tertiary alicyclic amines) is 1. The molecule has 6 nitrogen and oxygen atoms in total. The number of nitrogens with zero attached hydrogens (tertiary/aromatic N) is 2. The molecule has 176 valence electrons. The van der Waals surface area contributed by atoms with Crippen LogP contribution in [0.1, 0.15) is 18.0 Å². The van der Waals surface area contributed by atoms with Gasteiger partial charge in [0.1, 0.15) is 29.5 Å². The summed E-state index contributed by atoms with van der Waals surface area (Å²) >= 11 is 5.93. The van der Waals surface area contributed by atoms with Gasteiger partial charge in [0.2, 0.25) is 0 Å². The Bertz CT molecular complexity index is 1160. The van der Waals surface area contributed by atoms with Gasteiger partial charge < -0.3 is 15.2 Å². The molecular weight excluding hydrogens is 457 g/mol. The summed E-state index contributed by atoms with van der Waals surface area (Å²) in [6.07, 6.45) is -0.0110. The van der Waals surface area contributed by atoms with Crippen LogP contribution in [0.2, 0.25) is 5.02 Å². The van der Waals surface area contributed by atoms with Gasteiger partial charge in [0.25, 0.3) is 0 Å². The van der Waals surface area contributed by atoms with Crippen LogP contribution in [0.25, 0.3) is 0 Å². The standard InChI is InChI=1S/C26H25ClFN3O3/c27-18-4-8-22(9-5-18)33-23-10-6-21(7-11-23)31-25(17-2-1-3-19(28)14-17)24(34-26(31)32)16-30-13-12-20(29)15-30/h1-11,14,20,24-25H,12-13,15-16,29H2/t20-,24+,25+/m1/s1. The number of anilines is 1. The second-order valence-electron chi connectivity index (χ2n) is 8.65. The number of halogens is 2. The lowest BCUT2D eigenvalue weighted by Crippen LogP contribution is -2.37. The molecule has 0 aliphatic carbocycles. The van der Waals surface area contributed by atoms with Crippen LogP contribution in [-0.2, 0) is 4.74 Å². The number of cyclic esters (lactones) is 1. The molecule has 0 unspecified atom stereocenters. The van der Waals surface area contributed by atoms with Gasteiger partial charge in [-0.1, -0.05) is 23.7 Å². The number of benzene rings is 3. The van der Waals surface area contributed by atoms with Gasteiger partial charge >= 0.3 is 6.09 Å². The van der Waals surface area contributed by atoms with Crippen molar-refractivity contribution >= 4 is 23.4 Å². The first-order valence-corrected chi connectivity index (χ1v) is 11.6. The van der Waals surface area contributed by atoms with Crippen LogP contribution in [0.5, 0.6) is 11.5 Å². The van der Waals surface area contributed by atoms with Gasteiger partial charge in [-0.3, -0.25) is 9.80 Å². The number of carbonyl (C=O) groups excluding carboxylic acids is 1. The Morgan fingerprint density at radius 2 is 1.76 bits per heavy atom. The molecule has 34 heavy (non-hydrogen) atoms. The van der Waals surface area contributed by atoms with E-state index in [1.165, 1.54) is 12.1 Å². The number of amides is 1. The molecular formula is C26H25ClFN3O3. The zero-order valence-corrected chi connectivity index (χ0v) is 19.2. The SMILES string of the molecule is N[C@@H]1CCN(C[C@@H]2OC(=O)N(c3ccc(Oc4ccc(Cl)cc4)cc3)[C@H]2c2cccc(F)c2)C1. The van der Waals surface area contributed by atoms with Gasteiger partial charge in [0, 0.05) is 29.8 Å². The minimum absolute atomic E-state index is 0.119. The molecule has 5 rings (SSSR count). The summed E-state index contributed by atoms with van der Waals surface area (Å²) in [5.74, 6) is 0.910. The average molecular weight is 482 g/mol. The normalized spacial score (nSPS) is 22.7. The fourth-order valence-electron chi connectivity index (χ4n) is 4.58. The van der Waals surface area contributed by atoms with Crippen LogP contribution in [-0.4, -0.2) is 42.8 Å². The molecule has 1 amide bonds. The lowest BCUT2D eigenvalue weighted by molar-refractivity contribution is 0.104. The minimum atomic E-state index is -0.469. The Hall–Kier alpha value is -3.13. The first-order valence-electron chi connectivity index (χ1n) is 11.2. The molecule has 0 bridgehead atoms. The van der Waals surface area contributed by atoms with Crippen LogP contribution in [0.4, 0.5) is 14.9 Å². The van der Waals surface area contributed by atoms with Gasteiger partial charge in [-0.05, 0) is 79.2 Å². The highest BCUT2D eigenvalue weighted by Crippen LogP contribution is 2.39. The fourth-order valence-corrected chi connectivity index (χ4v) is 4.71. The van der Waals surface area contributed by atoms with Crippen LogP contribution < -0.4 is 15.4 Å². The molecule has 2 heterocycles. The van der Waals surface area contributed by atoms with Crippen molar-refractivity contribution in [2.75, 3.05) is 24.5 Å². The van der Waals surface area contributed by atoms with Crippen molar-refractivity contribution in [2.45, 2.75) is 24.6 Å². The topological polar surface area (TPSA) is 68.0 Å². The molecule has 2 aliphatic heterocycles. The maximum Gasteiger partial charge on any atom is 0.415 e. The maximum absolute atomic E-state index is 14.1. The molecule has 0 saturated carbocycles. The summed E-state index contributed by atoms with van der Waals surface area (Å²) in [5.41, 5.74) is 7.38. The average Bonchev–Trinajstić information content (AvgIpc) is 3.38. The molecule has 2 N–H and O–H groups in total. The van der Waals surface area contributed by atoms with Crippen LogP contribution in [0.3, 0.4) is 0 Å². The molecule has 2 fully saturated rings. The number of ether oxygens (including phenoxy) is 2. The third kappa shape index (κ3) is 4.87. The monoisotopic (exact) mass is 481 g/mol. The quantitative estimate of drug-likeness (QED) is 0.512. The summed E-state index contributed by atoms with van der Waals surface area (Å²) in [6.45, 7) is 2.14. The van der Waals surface area contributed by atoms with E-state index in [1.54, 1.807) is 59.5 Å². The first kappa shape index (κ1) is 22.7. The van der Waals surface area contributed by atoms with Crippen LogP contribution >= 0.6 is 11.6 Å². The maximum atomic E-state index is 14.1. The highest BCUT2D eigenvalue weighted by molar-refractivity contribution is 6.30. The summed E-state index contributed by atoms with van der Waals surface area (Å²) < 4.78 is 25.8. The second-order valence-corrected chi connectivity index (χ2v) is 9.09. The van der Waals surface area contributed by atoms with E-state index in [-0.39, 0.29) is 11.9 Å². The lowest BCUT2D eigenvalue weighted by Gasteiger charge is -2.27. The van der Waals surface area contributed by atoms with Crippen molar-refractivity contribution in [3.05, 3.63) is 89.2 Å². The predicted molar refractivity (Wildman–Crippen MR) is 129 cm³/mol. The smallest absolute Gasteiger partial charge is 0.415 e. The van der Waals surface area contributed by atoms with E-state index in [9.17, 15) is 9.18 Å². The van der Waals surface area contributed by atoms with Gasteiger partial charge in [0.05, 0.1) is 0 Å². The number of carbonyl (C=O) groups is 1. The largest absolute Gasteiger partial charge is 0.457 e. The Labute approximate surface area is 202 Å². The Morgan fingerprint density at radius 1 is 1.06 bits per heavy atom. The van der Waals surface area contributed by atoms with Crippen molar-refractivity contribution in [3.8, 4) is 11.5 Å². The van der Waals surface area contributed by atoms with Gasteiger partial charge in [0.15, 0.2) is 0 Å². The molecule has 8 heteroatoms. The minimum Gasteiger partial charge on any atom is -0.457 e. The fraction of sp³-hybridized carbons (Fsp3) is 0.269. The molecule has 0 aromatic heterocycles. The number of rotatable bonds is 6. The molecule has 0 spiro atoms. The highest BCUT2D eigenvalue weighted by atomic mass is 35.5. The van der Waals surface area contributed by atoms with E-state index < -0.39 is 18.2 Å². The molecule has 3 aromatic rings. The summed E-state index contributed by atoms with van der Waals surface area (Å²) in [6, 6.07) is 20.2. The summed E-state index contributed by atoms with van der Waals surface area (Å²) in [7, 11) is 0. The first-order chi connectivity index (χ1) is 16.5. The van der Waals surface area contributed by atoms with E-state index in [4.69, 9.17) is 26.8 Å². The van der Waals surface area contributed by atoms with Crippen molar-refractivity contribution in [3.63, 3.8) is 0 Å².